The third kappa shape index (κ3) is 6.41. The summed E-state index contributed by atoms with van der Waals surface area (Å²) >= 11 is 0. The Labute approximate surface area is 175 Å². The van der Waals surface area contributed by atoms with Crippen LogP contribution in [0.1, 0.15) is 30.6 Å². The van der Waals surface area contributed by atoms with E-state index in [1.807, 2.05) is 0 Å². The molecular formula is C21H24N2O6S. The number of hydrogen-bond donors (Lipinski definition) is 2. The number of nitrogens with one attached hydrogen (secondary N) is 2. The summed E-state index contributed by atoms with van der Waals surface area (Å²) in [5.74, 6) is -2.87. The summed E-state index contributed by atoms with van der Waals surface area (Å²) in [6.07, 6.45) is -0.00957. The van der Waals surface area contributed by atoms with Crippen molar-refractivity contribution in [3.8, 4) is 0 Å². The summed E-state index contributed by atoms with van der Waals surface area (Å²) in [5.41, 5.74) is 0.951. The van der Waals surface area contributed by atoms with E-state index in [1.54, 1.807) is 50.2 Å². The molecule has 2 aromatic rings. The zero-order valence-corrected chi connectivity index (χ0v) is 17.6. The van der Waals surface area contributed by atoms with Gasteiger partial charge in [-0.1, -0.05) is 31.2 Å². The van der Waals surface area contributed by atoms with Crippen molar-refractivity contribution in [2.75, 3.05) is 23.0 Å². The Kier molecular flexibility index (Phi) is 8.11. The van der Waals surface area contributed by atoms with E-state index in [2.05, 4.69) is 10.6 Å². The molecule has 0 aliphatic heterocycles. The highest BCUT2D eigenvalue weighted by Crippen LogP contribution is 2.16. The summed E-state index contributed by atoms with van der Waals surface area (Å²) in [4.78, 5) is 36.6. The monoisotopic (exact) mass is 432 g/mol. The second-order valence-corrected chi connectivity index (χ2v) is 8.59. The lowest BCUT2D eigenvalue weighted by Crippen LogP contribution is -2.39. The Morgan fingerprint density at radius 1 is 0.933 bits per heavy atom. The van der Waals surface area contributed by atoms with Crippen molar-refractivity contribution in [2.45, 2.75) is 25.5 Å². The Hall–Kier alpha value is -3.20. The molecule has 2 N–H and O–H groups in total. The van der Waals surface area contributed by atoms with Gasteiger partial charge >= 0.3 is 5.97 Å². The summed E-state index contributed by atoms with van der Waals surface area (Å²) in [7, 11) is -4.06. The van der Waals surface area contributed by atoms with Crippen molar-refractivity contribution in [3.63, 3.8) is 0 Å². The van der Waals surface area contributed by atoms with E-state index in [0.29, 0.717) is 5.69 Å². The fourth-order valence-electron chi connectivity index (χ4n) is 2.77. The fraction of sp³-hybridized carbons (Fsp3) is 0.286. The number of amides is 2. The maximum absolute atomic E-state index is 12.7. The molecule has 0 heterocycles. The molecule has 160 valence electrons. The van der Waals surface area contributed by atoms with Gasteiger partial charge in [-0.25, -0.2) is 13.2 Å². The summed E-state index contributed by atoms with van der Waals surface area (Å²) in [5, 5.41) is 3.59. The Morgan fingerprint density at radius 2 is 1.60 bits per heavy atom. The molecule has 0 aromatic heterocycles. The van der Waals surface area contributed by atoms with E-state index in [9.17, 15) is 22.8 Å². The first-order valence-corrected chi connectivity index (χ1v) is 11.1. The molecule has 1 atom stereocenters. The van der Waals surface area contributed by atoms with Gasteiger partial charge in [0.25, 0.3) is 0 Å². The second kappa shape index (κ2) is 10.5. The van der Waals surface area contributed by atoms with Crippen LogP contribution in [0.5, 0.6) is 0 Å². The van der Waals surface area contributed by atoms with Gasteiger partial charge < -0.3 is 15.4 Å². The molecule has 0 radical (unpaired) electrons. The Balaban J connectivity index is 2.08. The molecule has 0 aliphatic rings. The van der Waals surface area contributed by atoms with Crippen molar-refractivity contribution in [2.24, 2.45) is 0 Å². The van der Waals surface area contributed by atoms with Gasteiger partial charge in [-0.15, -0.1) is 0 Å². The highest BCUT2D eigenvalue weighted by molar-refractivity contribution is 7.93. The van der Waals surface area contributed by atoms with Gasteiger partial charge in [0.15, 0.2) is 9.84 Å². The first-order chi connectivity index (χ1) is 14.3. The lowest BCUT2D eigenvalue weighted by atomic mass is 10.2. The summed E-state index contributed by atoms with van der Waals surface area (Å²) < 4.78 is 30.2. The average Bonchev–Trinajstić information content (AvgIpc) is 2.68. The molecule has 9 heteroatoms. The standard InChI is InChI=1S/C21H24N2O6S/c1-3-18(30(27,28)14-19(24)22-16-10-6-5-7-11-16)20(25)23-17-12-8-9-15(13-17)21(26)29-4-2/h5-13,18H,3-4,14H2,1-2H3,(H,22,24)(H,23,25). The Morgan fingerprint density at radius 3 is 2.23 bits per heavy atom. The second-order valence-electron chi connectivity index (χ2n) is 6.41. The number of sulfone groups is 1. The third-order valence-electron chi connectivity index (χ3n) is 4.13. The van der Waals surface area contributed by atoms with Crippen LogP contribution in [-0.4, -0.2) is 43.8 Å². The number of anilines is 2. The number of esters is 1. The van der Waals surface area contributed by atoms with Gasteiger partial charge in [-0.2, -0.15) is 0 Å². The van der Waals surface area contributed by atoms with Gasteiger partial charge in [0, 0.05) is 11.4 Å². The van der Waals surface area contributed by atoms with Crippen LogP contribution in [-0.2, 0) is 24.2 Å². The molecular weight excluding hydrogens is 408 g/mol. The lowest BCUT2D eigenvalue weighted by molar-refractivity contribution is -0.115. The van der Waals surface area contributed by atoms with Crippen LogP contribution in [0.15, 0.2) is 54.6 Å². The molecule has 2 aromatic carbocycles. The molecule has 0 saturated carbocycles. The summed E-state index contributed by atoms with van der Waals surface area (Å²) in [6.45, 7) is 3.43. The zero-order valence-electron chi connectivity index (χ0n) is 16.8. The van der Waals surface area contributed by atoms with Crippen LogP contribution in [0.25, 0.3) is 0 Å². The highest BCUT2D eigenvalue weighted by Gasteiger charge is 2.33. The van der Waals surface area contributed by atoms with Crippen molar-refractivity contribution in [1.82, 2.24) is 0 Å². The van der Waals surface area contributed by atoms with Crippen molar-refractivity contribution in [1.29, 1.82) is 0 Å². The largest absolute Gasteiger partial charge is 0.462 e. The maximum Gasteiger partial charge on any atom is 0.338 e. The predicted molar refractivity (Wildman–Crippen MR) is 114 cm³/mol. The zero-order chi connectivity index (χ0) is 22.1. The maximum atomic E-state index is 12.7. The fourth-order valence-corrected chi connectivity index (χ4v) is 4.30. The topological polar surface area (TPSA) is 119 Å². The quantitative estimate of drug-likeness (QED) is 0.588. The van der Waals surface area contributed by atoms with Crippen LogP contribution >= 0.6 is 0 Å². The number of ether oxygens (including phenoxy) is 1. The molecule has 0 aliphatic carbocycles. The van der Waals surface area contributed by atoms with E-state index in [1.165, 1.54) is 18.2 Å². The number of para-hydroxylation sites is 1. The van der Waals surface area contributed by atoms with Crippen LogP contribution in [0.2, 0.25) is 0 Å². The van der Waals surface area contributed by atoms with Gasteiger partial charge in [0.1, 0.15) is 11.0 Å². The van der Waals surface area contributed by atoms with Crippen LogP contribution < -0.4 is 10.6 Å². The van der Waals surface area contributed by atoms with Crippen LogP contribution in [0, 0.1) is 0 Å². The predicted octanol–water partition coefficient (Wildman–Crippen LogP) is 2.63. The minimum Gasteiger partial charge on any atom is -0.462 e. The molecule has 0 saturated heterocycles. The average molecular weight is 432 g/mol. The first kappa shape index (κ1) is 23.1. The first-order valence-electron chi connectivity index (χ1n) is 9.41. The van der Waals surface area contributed by atoms with E-state index in [4.69, 9.17) is 4.74 Å². The molecule has 8 nitrogen and oxygen atoms in total. The number of rotatable bonds is 9. The van der Waals surface area contributed by atoms with Crippen molar-refractivity contribution < 1.29 is 27.5 Å². The molecule has 2 rings (SSSR count). The van der Waals surface area contributed by atoms with Crippen molar-refractivity contribution >= 4 is 39.0 Å². The molecule has 0 bridgehead atoms. The highest BCUT2D eigenvalue weighted by atomic mass is 32.2. The van der Waals surface area contributed by atoms with Crippen LogP contribution in [0.4, 0.5) is 11.4 Å². The lowest BCUT2D eigenvalue weighted by Gasteiger charge is -2.16. The van der Waals surface area contributed by atoms with Crippen LogP contribution in [0.3, 0.4) is 0 Å². The SMILES string of the molecule is CCOC(=O)c1cccc(NC(=O)C(CC)S(=O)(=O)CC(=O)Nc2ccccc2)c1. The third-order valence-corrected chi connectivity index (χ3v) is 6.21. The number of carbonyl (C=O) groups excluding carboxylic acids is 3. The molecule has 1 unspecified atom stereocenters. The minimum absolute atomic E-state index is 0.00957. The molecule has 0 fully saturated rings. The van der Waals surface area contributed by atoms with E-state index < -0.39 is 38.6 Å². The Bertz CT molecular complexity index is 1010. The van der Waals surface area contributed by atoms with Gasteiger partial charge in [-0.3, -0.25) is 9.59 Å². The molecule has 30 heavy (non-hydrogen) atoms. The molecule has 0 spiro atoms. The number of carbonyl (C=O) groups is 3. The van der Waals surface area contributed by atoms with Gasteiger partial charge in [0.2, 0.25) is 11.8 Å². The summed E-state index contributed by atoms with van der Waals surface area (Å²) in [6, 6.07) is 14.4. The minimum atomic E-state index is -4.06. The van der Waals surface area contributed by atoms with E-state index in [0.717, 1.165) is 0 Å². The normalized spacial score (nSPS) is 11.9. The number of benzene rings is 2. The van der Waals surface area contributed by atoms with E-state index >= 15 is 0 Å². The van der Waals surface area contributed by atoms with Crippen molar-refractivity contribution in [3.05, 3.63) is 60.2 Å². The number of hydrogen-bond acceptors (Lipinski definition) is 6. The van der Waals surface area contributed by atoms with E-state index in [-0.39, 0.29) is 24.3 Å². The molecule has 2 amide bonds. The van der Waals surface area contributed by atoms with Gasteiger partial charge in [0.05, 0.1) is 12.2 Å². The smallest absolute Gasteiger partial charge is 0.338 e. The van der Waals surface area contributed by atoms with Gasteiger partial charge in [-0.05, 0) is 43.7 Å².